The minimum atomic E-state index is -0.332. The Hall–Kier alpha value is -0.480. The van der Waals surface area contributed by atoms with Crippen molar-refractivity contribution < 1.29 is 5.11 Å². The maximum Gasteiger partial charge on any atom is 0.0938 e. The summed E-state index contributed by atoms with van der Waals surface area (Å²) in [6.45, 7) is 0. The molecule has 1 N–H and O–H groups in total. The van der Waals surface area contributed by atoms with Crippen LogP contribution in [-0.4, -0.2) is 25.9 Å². The third-order valence-corrected chi connectivity index (χ3v) is 3.83. The van der Waals surface area contributed by atoms with Gasteiger partial charge in [-0.25, -0.2) is 0 Å². The van der Waals surface area contributed by atoms with Gasteiger partial charge in [-0.05, 0) is 18.6 Å². The molecule has 0 bridgehead atoms. The van der Waals surface area contributed by atoms with Crippen LogP contribution in [-0.2, 0) is 7.05 Å². The third-order valence-electron chi connectivity index (χ3n) is 2.38. The lowest BCUT2D eigenvalue weighted by Gasteiger charge is -2.14. The molecule has 1 aromatic rings. The van der Waals surface area contributed by atoms with Gasteiger partial charge >= 0.3 is 0 Å². The van der Waals surface area contributed by atoms with Gasteiger partial charge in [-0.2, -0.15) is 16.9 Å². The van der Waals surface area contributed by atoms with E-state index in [0.29, 0.717) is 5.25 Å². The van der Waals surface area contributed by atoms with Gasteiger partial charge in [0.05, 0.1) is 12.3 Å². The van der Waals surface area contributed by atoms with E-state index in [-0.39, 0.29) is 6.10 Å². The van der Waals surface area contributed by atoms with Crippen LogP contribution in [0.3, 0.4) is 0 Å². The van der Waals surface area contributed by atoms with Crippen molar-refractivity contribution in [1.82, 2.24) is 9.78 Å². The van der Waals surface area contributed by atoms with Crippen molar-refractivity contribution >= 4 is 11.8 Å². The van der Waals surface area contributed by atoms with Gasteiger partial charge in [0.1, 0.15) is 0 Å². The zero-order valence-electron chi connectivity index (χ0n) is 7.68. The summed E-state index contributed by atoms with van der Waals surface area (Å²) >= 11 is 1.87. The molecular weight excluding hydrogens is 184 g/mol. The van der Waals surface area contributed by atoms with Crippen molar-refractivity contribution in [3.05, 3.63) is 18.0 Å². The van der Waals surface area contributed by atoms with Crippen LogP contribution in [0.25, 0.3) is 0 Å². The normalized spacial score (nSPS) is 24.9. The Morgan fingerprint density at radius 1 is 1.77 bits per heavy atom. The summed E-state index contributed by atoms with van der Waals surface area (Å²) in [6, 6.07) is 0. The zero-order valence-corrected chi connectivity index (χ0v) is 8.50. The number of aromatic nitrogens is 2. The monoisotopic (exact) mass is 198 g/mol. The molecule has 0 amide bonds. The number of thioether (sulfide) groups is 1. The highest BCUT2D eigenvalue weighted by atomic mass is 32.2. The Bertz CT molecular complexity index is 281. The van der Waals surface area contributed by atoms with E-state index in [0.717, 1.165) is 12.0 Å². The lowest BCUT2D eigenvalue weighted by atomic mass is 10.1. The molecule has 1 aliphatic heterocycles. The van der Waals surface area contributed by atoms with Crippen LogP contribution in [0.4, 0.5) is 0 Å². The molecule has 0 spiro atoms. The first-order valence-electron chi connectivity index (χ1n) is 4.55. The van der Waals surface area contributed by atoms with Crippen LogP contribution in [0, 0.1) is 0 Å². The molecule has 0 aliphatic carbocycles. The first-order chi connectivity index (χ1) is 6.27. The Morgan fingerprint density at radius 3 is 3.15 bits per heavy atom. The van der Waals surface area contributed by atoms with Crippen LogP contribution in [0.1, 0.15) is 24.5 Å². The van der Waals surface area contributed by atoms with Crippen molar-refractivity contribution in [3.63, 3.8) is 0 Å². The summed E-state index contributed by atoms with van der Waals surface area (Å²) in [6.07, 6.45) is 5.67. The molecule has 1 fully saturated rings. The summed E-state index contributed by atoms with van der Waals surface area (Å²) in [5, 5.41) is 14.4. The van der Waals surface area contributed by atoms with Crippen LogP contribution in [0.5, 0.6) is 0 Å². The number of aliphatic hydroxyl groups excluding tert-OH is 1. The fraction of sp³-hybridized carbons (Fsp3) is 0.667. The molecule has 0 saturated carbocycles. The molecule has 3 nitrogen and oxygen atoms in total. The summed E-state index contributed by atoms with van der Waals surface area (Å²) in [5.41, 5.74) is 0.946. The quantitative estimate of drug-likeness (QED) is 0.779. The van der Waals surface area contributed by atoms with Gasteiger partial charge in [-0.3, -0.25) is 4.68 Å². The third kappa shape index (κ3) is 1.89. The highest BCUT2D eigenvalue weighted by Gasteiger charge is 2.25. The summed E-state index contributed by atoms with van der Waals surface area (Å²) in [4.78, 5) is 0. The smallest absolute Gasteiger partial charge is 0.0938 e. The molecule has 1 aromatic heterocycles. The second kappa shape index (κ2) is 3.72. The maximum absolute atomic E-state index is 9.96. The van der Waals surface area contributed by atoms with E-state index in [1.165, 1.54) is 12.2 Å². The lowest BCUT2D eigenvalue weighted by Crippen LogP contribution is -2.10. The van der Waals surface area contributed by atoms with Crippen molar-refractivity contribution in [3.8, 4) is 0 Å². The minimum Gasteiger partial charge on any atom is -0.387 e. The fourth-order valence-electron chi connectivity index (χ4n) is 1.66. The van der Waals surface area contributed by atoms with E-state index in [2.05, 4.69) is 5.10 Å². The highest BCUT2D eigenvalue weighted by Crippen LogP contribution is 2.35. The van der Waals surface area contributed by atoms with E-state index >= 15 is 0 Å². The largest absolute Gasteiger partial charge is 0.387 e. The molecule has 2 rings (SSSR count). The van der Waals surface area contributed by atoms with Crippen LogP contribution in [0.15, 0.2) is 12.4 Å². The van der Waals surface area contributed by atoms with Gasteiger partial charge in [0.2, 0.25) is 0 Å². The summed E-state index contributed by atoms with van der Waals surface area (Å²) < 4.78 is 1.73. The van der Waals surface area contributed by atoms with E-state index in [9.17, 15) is 5.11 Å². The Kier molecular flexibility index (Phi) is 2.60. The zero-order chi connectivity index (χ0) is 9.26. The first-order valence-corrected chi connectivity index (χ1v) is 5.60. The molecule has 13 heavy (non-hydrogen) atoms. The number of hydrogen-bond acceptors (Lipinski definition) is 3. The van der Waals surface area contributed by atoms with Crippen molar-refractivity contribution in [2.24, 2.45) is 7.05 Å². The van der Waals surface area contributed by atoms with E-state index in [1.807, 2.05) is 25.0 Å². The second-order valence-corrected chi connectivity index (χ2v) is 4.79. The standard InChI is InChI=1S/C9H14N2OS/c1-11-6-7(5-10-11)9(12)8-3-2-4-13-8/h5-6,8-9,12H,2-4H2,1H3. The van der Waals surface area contributed by atoms with Gasteiger partial charge in [-0.15, -0.1) is 0 Å². The minimum absolute atomic E-state index is 0.332. The molecule has 0 radical (unpaired) electrons. The number of aliphatic hydroxyl groups is 1. The maximum atomic E-state index is 9.96. The summed E-state index contributed by atoms with van der Waals surface area (Å²) in [5.74, 6) is 1.18. The Morgan fingerprint density at radius 2 is 2.62 bits per heavy atom. The number of hydrogen-bond donors (Lipinski definition) is 1. The van der Waals surface area contributed by atoms with Gasteiger partial charge in [0, 0.05) is 24.1 Å². The van der Waals surface area contributed by atoms with Gasteiger partial charge in [0.15, 0.2) is 0 Å². The van der Waals surface area contributed by atoms with Crippen LogP contribution >= 0.6 is 11.8 Å². The first kappa shape index (κ1) is 9.09. The highest BCUT2D eigenvalue weighted by molar-refractivity contribution is 8.00. The van der Waals surface area contributed by atoms with E-state index < -0.39 is 0 Å². The van der Waals surface area contributed by atoms with Crippen LogP contribution in [0.2, 0.25) is 0 Å². The second-order valence-electron chi connectivity index (χ2n) is 3.44. The van der Waals surface area contributed by atoms with E-state index in [1.54, 1.807) is 10.9 Å². The molecule has 2 unspecified atom stereocenters. The number of rotatable bonds is 2. The molecule has 4 heteroatoms. The summed E-state index contributed by atoms with van der Waals surface area (Å²) in [7, 11) is 1.87. The topological polar surface area (TPSA) is 38.0 Å². The van der Waals surface area contributed by atoms with Gasteiger partial charge in [-0.1, -0.05) is 0 Å². The molecule has 1 aliphatic rings. The van der Waals surface area contributed by atoms with E-state index in [4.69, 9.17) is 0 Å². The van der Waals surface area contributed by atoms with Crippen molar-refractivity contribution in [2.75, 3.05) is 5.75 Å². The molecular formula is C9H14N2OS. The number of aryl methyl sites for hydroxylation is 1. The predicted octanol–water partition coefficient (Wildman–Crippen LogP) is 1.35. The van der Waals surface area contributed by atoms with Gasteiger partial charge in [0.25, 0.3) is 0 Å². The molecule has 0 aromatic carbocycles. The van der Waals surface area contributed by atoms with Crippen molar-refractivity contribution in [2.45, 2.75) is 24.2 Å². The lowest BCUT2D eigenvalue weighted by molar-refractivity contribution is 0.173. The van der Waals surface area contributed by atoms with Crippen LogP contribution < -0.4 is 0 Å². The van der Waals surface area contributed by atoms with Gasteiger partial charge < -0.3 is 5.11 Å². The van der Waals surface area contributed by atoms with Crippen molar-refractivity contribution in [1.29, 1.82) is 0 Å². The SMILES string of the molecule is Cn1cc(C(O)C2CCCS2)cn1. The average Bonchev–Trinajstić information content (AvgIpc) is 2.72. The molecule has 72 valence electrons. The molecule has 2 heterocycles. The fourth-order valence-corrected chi connectivity index (χ4v) is 2.97. The Labute approximate surface area is 82.1 Å². The Balaban J connectivity index is 2.07. The molecule has 1 saturated heterocycles. The number of nitrogens with zero attached hydrogens (tertiary/aromatic N) is 2. The molecule has 2 atom stereocenters. The average molecular weight is 198 g/mol. The predicted molar refractivity (Wildman–Crippen MR) is 53.6 cm³/mol.